The second-order valence-electron chi connectivity index (χ2n) is 4.78. The molecule has 1 heterocycles. The van der Waals surface area contributed by atoms with Gasteiger partial charge in [-0.3, -0.25) is 0 Å². The van der Waals surface area contributed by atoms with Crippen LogP contribution in [0, 0.1) is 5.82 Å². The molecule has 0 saturated carbocycles. The van der Waals surface area contributed by atoms with Gasteiger partial charge in [-0.05, 0) is 48.9 Å². The van der Waals surface area contributed by atoms with Crippen molar-refractivity contribution in [3.63, 3.8) is 0 Å². The van der Waals surface area contributed by atoms with E-state index in [1.54, 1.807) is 12.1 Å². The Hall–Kier alpha value is -2.23. The Morgan fingerprint density at radius 2 is 1.70 bits per heavy atom. The average molecular weight is 273 g/mol. The van der Waals surface area contributed by atoms with Crippen LogP contribution in [0.5, 0.6) is 11.5 Å². The molecule has 1 aliphatic heterocycles. The van der Waals surface area contributed by atoms with Crippen LogP contribution in [-0.4, -0.2) is 13.2 Å². The molecule has 0 radical (unpaired) electrons. The first kappa shape index (κ1) is 12.8. The first-order valence-corrected chi connectivity index (χ1v) is 6.64. The predicted octanol–water partition coefficient (Wildman–Crippen LogP) is 3.77. The normalized spacial score (nSPS) is 14.7. The van der Waals surface area contributed by atoms with Crippen LogP contribution in [0.15, 0.2) is 42.5 Å². The number of rotatable bonds is 3. The van der Waals surface area contributed by atoms with Crippen molar-refractivity contribution in [1.29, 1.82) is 0 Å². The van der Waals surface area contributed by atoms with Gasteiger partial charge in [-0.25, -0.2) is 4.39 Å². The van der Waals surface area contributed by atoms with Gasteiger partial charge >= 0.3 is 0 Å². The molecule has 20 heavy (non-hydrogen) atoms. The van der Waals surface area contributed by atoms with Crippen LogP contribution in [0.1, 0.15) is 18.5 Å². The second kappa shape index (κ2) is 5.41. The first-order chi connectivity index (χ1) is 9.72. The zero-order valence-electron chi connectivity index (χ0n) is 11.2. The number of hydrogen-bond acceptors (Lipinski definition) is 3. The maximum absolute atomic E-state index is 12.9. The molecular formula is C16H16FNO2. The molecular weight excluding hydrogens is 257 g/mol. The summed E-state index contributed by atoms with van der Waals surface area (Å²) in [5, 5.41) is 3.33. The monoisotopic (exact) mass is 273 g/mol. The molecule has 0 spiro atoms. The Bertz CT molecular complexity index is 598. The van der Waals surface area contributed by atoms with E-state index >= 15 is 0 Å². The quantitative estimate of drug-likeness (QED) is 0.923. The minimum absolute atomic E-state index is 0.0938. The van der Waals surface area contributed by atoms with Gasteiger partial charge in [-0.15, -0.1) is 0 Å². The Kier molecular flexibility index (Phi) is 3.46. The Balaban J connectivity index is 1.76. The maximum Gasteiger partial charge on any atom is 0.161 e. The van der Waals surface area contributed by atoms with Crippen LogP contribution in [0.4, 0.5) is 10.1 Å². The van der Waals surface area contributed by atoms with Gasteiger partial charge in [-0.1, -0.05) is 6.07 Å². The molecule has 1 N–H and O–H groups in total. The van der Waals surface area contributed by atoms with Crippen LogP contribution in [-0.2, 0) is 0 Å². The summed E-state index contributed by atoms with van der Waals surface area (Å²) in [4.78, 5) is 0. The van der Waals surface area contributed by atoms with Crippen molar-refractivity contribution in [3.05, 3.63) is 53.8 Å². The molecule has 0 bridgehead atoms. The Morgan fingerprint density at radius 1 is 1.00 bits per heavy atom. The van der Waals surface area contributed by atoms with Crippen LogP contribution >= 0.6 is 0 Å². The molecule has 0 amide bonds. The van der Waals surface area contributed by atoms with Gasteiger partial charge in [0.2, 0.25) is 0 Å². The largest absolute Gasteiger partial charge is 0.486 e. The minimum atomic E-state index is -0.234. The fraction of sp³-hybridized carbons (Fsp3) is 0.250. The summed E-state index contributed by atoms with van der Waals surface area (Å²) < 4.78 is 24.0. The van der Waals surface area contributed by atoms with Crippen molar-refractivity contribution >= 4 is 5.69 Å². The van der Waals surface area contributed by atoms with E-state index < -0.39 is 0 Å². The molecule has 1 atom stereocenters. The smallest absolute Gasteiger partial charge is 0.161 e. The summed E-state index contributed by atoms with van der Waals surface area (Å²) in [6, 6.07) is 12.3. The highest BCUT2D eigenvalue weighted by atomic mass is 19.1. The lowest BCUT2D eigenvalue weighted by Gasteiger charge is -2.21. The summed E-state index contributed by atoms with van der Waals surface area (Å²) in [6.45, 7) is 3.22. The zero-order chi connectivity index (χ0) is 13.9. The number of ether oxygens (including phenoxy) is 2. The van der Waals surface area contributed by atoms with E-state index in [1.807, 2.05) is 18.2 Å². The molecule has 104 valence electrons. The number of benzene rings is 2. The van der Waals surface area contributed by atoms with Gasteiger partial charge in [0, 0.05) is 11.7 Å². The van der Waals surface area contributed by atoms with E-state index in [-0.39, 0.29) is 11.9 Å². The number of nitrogens with one attached hydrogen (secondary N) is 1. The molecule has 3 nitrogen and oxygen atoms in total. The minimum Gasteiger partial charge on any atom is -0.486 e. The van der Waals surface area contributed by atoms with Crippen LogP contribution in [0.25, 0.3) is 0 Å². The first-order valence-electron chi connectivity index (χ1n) is 6.64. The third-order valence-electron chi connectivity index (χ3n) is 3.29. The van der Waals surface area contributed by atoms with Gasteiger partial charge < -0.3 is 14.8 Å². The van der Waals surface area contributed by atoms with Crippen molar-refractivity contribution in [2.45, 2.75) is 13.0 Å². The van der Waals surface area contributed by atoms with Gasteiger partial charge in [0.25, 0.3) is 0 Å². The highest BCUT2D eigenvalue weighted by molar-refractivity contribution is 5.49. The van der Waals surface area contributed by atoms with Crippen LogP contribution in [0.3, 0.4) is 0 Å². The van der Waals surface area contributed by atoms with Gasteiger partial charge in [0.1, 0.15) is 19.0 Å². The molecule has 0 saturated heterocycles. The number of hydrogen-bond donors (Lipinski definition) is 1. The SMILES string of the molecule is CC(Nc1ccc(F)cc1)c1ccc2c(c1)OCCO2. The standard InChI is InChI=1S/C16H16FNO2/c1-11(18-14-5-3-13(17)4-6-14)12-2-7-15-16(10-12)20-9-8-19-15/h2-7,10-11,18H,8-9H2,1H3. The maximum atomic E-state index is 12.9. The number of halogens is 1. The fourth-order valence-corrected chi connectivity index (χ4v) is 2.21. The van der Waals surface area contributed by atoms with E-state index in [0.29, 0.717) is 13.2 Å². The summed E-state index contributed by atoms with van der Waals surface area (Å²) in [5.41, 5.74) is 1.98. The molecule has 0 fully saturated rings. The zero-order valence-corrected chi connectivity index (χ0v) is 11.2. The van der Waals surface area contributed by atoms with E-state index in [9.17, 15) is 4.39 Å². The highest BCUT2D eigenvalue weighted by Crippen LogP contribution is 2.33. The molecule has 2 aromatic rings. The van der Waals surface area contributed by atoms with Crippen molar-refractivity contribution in [1.82, 2.24) is 0 Å². The van der Waals surface area contributed by atoms with Gasteiger partial charge in [0.15, 0.2) is 11.5 Å². The molecule has 3 rings (SSSR count). The lowest BCUT2D eigenvalue weighted by Crippen LogP contribution is -2.16. The Morgan fingerprint density at radius 3 is 2.45 bits per heavy atom. The number of anilines is 1. The predicted molar refractivity (Wildman–Crippen MR) is 75.9 cm³/mol. The van der Waals surface area contributed by atoms with E-state index in [0.717, 1.165) is 22.7 Å². The third kappa shape index (κ3) is 2.69. The van der Waals surface area contributed by atoms with Crippen molar-refractivity contribution < 1.29 is 13.9 Å². The molecule has 2 aromatic carbocycles. The second-order valence-corrected chi connectivity index (χ2v) is 4.78. The molecule has 4 heteroatoms. The molecule has 1 unspecified atom stereocenters. The van der Waals surface area contributed by atoms with Gasteiger partial charge in [-0.2, -0.15) is 0 Å². The summed E-state index contributed by atoms with van der Waals surface area (Å²) in [5.74, 6) is 1.33. The molecule has 0 aliphatic carbocycles. The molecule has 1 aliphatic rings. The van der Waals surface area contributed by atoms with Gasteiger partial charge in [0.05, 0.1) is 0 Å². The third-order valence-corrected chi connectivity index (χ3v) is 3.29. The summed E-state index contributed by atoms with van der Waals surface area (Å²) in [6.07, 6.45) is 0. The van der Waals surface area contributed by atoms with Crippen molar-refractivity contribution in [3.8, 4) is 11.5 Å². The molecule has 0 aromatic heterocycles. The lowest BCUT2D eigenvalue weighted by molar-refractivity contribution is 0.171. The average Bonchev–Trinajstić information content (AvgIpc) is 2.49. The van der Waals surface area contributed by atoms with Crippen LogP contribution < -0.4 is 14.8 Å². The summed E-state index contributed by atoms with van der Waals surface area (Å²) >= 11 is 0. The van der Waals surface area contributed by atoms with E-state index in [1.165, 1.54) is 12.1 Å². The number of fused-ring (bicyclic) bond motifs is 1. The van der Waals surface area contributed by atoms with Crippen molar-refractivity contribution in [2.75, 3.05) is 18.5 Å². The highest BCUT2D eigenvalue weighted by Gasteiger charge is 2.14. The van der Waals surface area contributed by atoms with E-state index in [2.05, 4.69) is 12.2 Å². The Labute approximate surface area is 117 Å². The summed E-state index contributed by atoms with van der Waals surface area (Å²) in [7, 11) is 0. The van der Waals surface area contributed by atoms with Crippen molar-refractivity contribution in [2.24, 2.45) is 0 Å². The topological polar surface area (TPSA) is 30.5 Å². The fourth-order valence-electron chi connectivity index (χ4n) is 2.21. The van der Waals surface area contributed by atoms with Crippen LogP contribution in [0.2, 0.25) is 0 Å². The van der Waals surface area contributed by atoms with E-state index in [4.69, 9.17) is 9.47 Å². The lowest BCUT2D eigenvalue weighted by atomic mass is 10.1.